The fourth-order valence-electron chi connectivity index (χ4n) is 1.36. The SMILES string of the molecule is CNc1cc(NCc2cc(C)no2)nc(N)n1. The second-order valence-corrected chi connectivity index (χ2v) is 3.53. The molecule has 0 saturated carbocycles. The normalized spacial score (nSPS) is 10.2. The molecule has 0 aliphatic heterocycles. The first kappa shape index (κ1) is 11.2. The molecule has 0 spiro atoms. The fourth-order valence-corrected chi connectivity index (χ4v) is 1.36. The minimum atomic E-state index is 0.216. The van der Waals surface area contributed by atoms with E-state index in [4.69, 9.17) is 10.3 Å². The summed E-state index contributed by atoms with van der Waals surface area (Å²) < 4.78 is 5.07. The predicted molar refractivity (Wildman–Crippen MR) is 64.6 cm³/mol. The highest BCUT2D eigenvalue weighted by atomic mass is 16.5. The average molecular weight is 234 g/mol. The van der Waals surface area contributed by atoms with Crippen LogP contribution in [0.15, 0.2) is 16.7 Å². The van der Waals surface area contributed by atoms with Crippen LogP contribution in [0.25, 0.3) is 0 Å². The lowest BCUT2D eigenvalue weighted by Gasteiger charge is -2.06. The summed E-state index contributed by atoms with van der Waals surface area (Å²) in [7, 11) is 1.77. The third-order valence-corrected chi connectivity index (χ3v) is 2.12. The largest absolute Gasteiger partial charge is 0.373 e. The van der Waals surface area contributed by atoms with Crippen molar-refractivity contribution in [2.75, 3.05) is 23.4 Å². The highest BCUT2D eigenvalue weighted by Crippen LogP contribution is 2.13. The lowest BCUT2D eigenvalue weighted by Crippen LogP contribution is -2.05. The number of hydrogen-bond acceptors (Lipinski definition) is 7. The van der Waals surface area contributed by atoms with Gasteiger partial charge in [-0.15, -0.1) is 0 Å². The molecule has 2 aromatic heterocycles. The van der Waals surface area contributed by atoms with Gasteiger partial charge in [0.1, 0.15) is 11.6 Å². The topological polar surface area (TPSA) is 102 Å². The van der Waals surface area contributed by atoms with E-state index >= 15 is 0 Å². The van der Waals surface area contributed by atoms with Crippen molar-refractivity contribution in [3.8, 4) is 0 Å². The molecule has 7 nitrogen and oxygen atoms in total. The maximum Gasteiger partial charge on any atom is 0.223 e. The molecule has 2 aromatic rings. The third kappa shape index (κ3) is 2.83. The van der Waals surface area contributed by atoms with E-state index in [1.54, 1.807) is 13.1 Å². The summed E-state index contributed by atoms with van der Waals surface area (Å²) >= 11 is 0. The fraction of sp³-hybridized carbons (Fsp3) is 0.300. The molecule has 0 bridgehead atoms. The molecular formula is C10H14N6O. The van der Waals surface area contributed by atoms with Gasteiger partial charge in [0.2, 0.25) is 5.95 Å². The third-order valence-electron chi connectivity index (χ3n) is 2.12. The maximum absolute atomic E-state index is 5.57. The van der Waals surface area contributed by atoms with Gasteiger partial charge >= 0.3 is 0 Å². The standard InChI is InChI=1S/C10H14N6O/c1-6-3-7(17-16-6)5-13-9-4-8(12-2)14-10(11)15-9/h3-4H,5H2,1-2H3,(H4,11,12,13,14,15). The molecule has 4 N–H and O–H groups in total. The van der Waals surface area contributed by atoms with Crippen LogP contribution in [0.3, 0.4) is 0 Å². The first-order chi connectivity index (χ1) is 8.17. The van der Waals surface area contributed by atoms with Gasteiger partial charge in [-0.1, -0.05) is 5.16 Å². The van der Waals surface area contributed by atoms with E-state index in [0.717, 1.165) is 11.5 Å². The second kappa shape index (κ2) is 4.69. The maximum atomic E-state index is 5.57. The van der Waals surface area contributed by atoms with E-state index in [1.165, 1.54) is 0 Å². The average Bonchev–Trinajstić information content (AvgIpc) is 2.72. The second-order valence-electron chi connectivity index (χ2n) is 3.53. The summed E-state index contributed by atoms with van der Waals surface area (Å²) in [6.45, 7) is 2.37. The van der Waals surface area contributed by atoms with E-state index in [-0.39, 0.29) is 5.95 Å². The van der Waals surface area contributed by atoms with Crippen LogP contribution in [0.1, 0.15) is 11.5 Å². The van der Waals surface area contributed by atoms with E-state index in [0.29, 0.717) is 18.2 Å². The van der Waals surface area contributed by atoms with Gasteiger partial charge in [0, 0.05) is 19.2 Å². The van der Waals surface area contributed by atoms with Gasteiger partial charge in [-0.25, -0.2) is 0 Å². The van der Waals surface area contributed by atoms with E-state index in [9.17, 15) is 0 Å². The molecular weight excluding hydrogens is 220 g/mol. The molecule has 0 aliphatic rings. The number of rotatable bonds is 4. The monoisotopic (exact) mass is 234 g/mol. The van der Waals surface area contributed by atoms with Crippen LogP contribution in [0, 0.1) is 6.92 Å². The van der Waals surface area contributed by atoms with Crippen molar-refractivity contribution in [2.24, 2.45) is 0 Å². The number of nitrogens with zero attached hydrogens (tertiary/aromatic N) is 3. The van der Waals surface area contributed by atoms with Gasteiger partial charge < -0.3 is 20.9 Å². The zero-order chi connectivity index (χ0) is 12.3. The van der Waals surface area contributed by atoms with Crippen molar-refractivity contribution in [1.82, 2.24) is 15.1 Å². The van der Waals surface area contributed by atoms with Gasteiger partial charge in [-0.2, -0.15) is 9.97 Å². The Morgan fingerprint density at radius 1 is 1.29 bits per heavy atom. The Bertz CT molecular complexity index is 509. The molecule has 90 valence electrons. The Labute approximate surface area is 98.4 Å². The Balaban J connectivity index is 2.05. The minimum Gasteiger partial charge on any atom is -0.373 e. The van der Waals surface area contributed by atoms with Crippen LogP contribution in [0.2, 0.25) is 0 Å². The molecule has 0 unspecified atom stereocenters. The van der Waals surface area contributed by atoms with Crippen molar-refractivity contribution in [3.05, 3.63) is 23.6 Å². The highest BCUT2D eigenvalue weighted by molar-refractivity contribution is 5.50. The van der Waals surface area contributed by atoms with Crippen LogP contribution in [-0.4, -0.2) is 22.2 Å². The zero-order valence-corrected chi connectivity index (χ0v) is 9.69. The van der Waals surface area contributed by atoms with Crippen LogP contribution < -0.4 is 16.4 Å². The molecule has 0 aromatic carbocycles. The van der Waals surface area contributed by atoms with Gasteiger partial charge in [0.05, 0.1) is 12.2 Å². The number of nitrogen functional groups attached to an aromatic ring is 1. The first-order valence-electron chi connectivity index (χ1n) is 5.16. The minimum absolute atomic E-state index is 0.216. The molecule has 7 heteroatoms. The molecule has 0 amide bonds. The van der Waals surface area contributed by atoms with Gasteiger partial charge in [0.15, 0.2) is 5.76 Å². The van der Waals surface area contributed by atoms with Crippen molar-refractivity contribution in [1.29, 1.82) is 0 Å². The molecule has 0 aliphatic carbocycles. The van der Waals surface area contributed by atoms with Gasteiger partial charge in [-0.3, -0.25) is 0 Å². The van der Waals surface area contributed by atoms with Crippen molar-refractivity contribution in [3.63, 3.8) is 0 Å². The summed E-state index contributed by atoms with van der Waals surface area (Å²) in [6, 6.07) is 3.62. The van der Waals surface area contributed by atoms with Crippen molar-refractivity contribution < 1.29 is 4.52 Å². The Morgan fingerprint density at radius 3 is 2.71 bits per heavy atom. The summed E-state index contributed by atoms with van der Waals surface area (Å²) in [5, 5.41) is 9.78. The number of nitrogens with two attached hydrogens (primary N) is 1. The van der Waals surface area contributed by atoms with E-state index < -0.39 is 0 Å². The molecule has 2 heterocycles. The molecule has 17 heavy (non-hydrogen) atoms. The van der Waals surface area contributed by atoms with Gasteiger partial charge in [-0.05, 0) is 6.92 Å². The predicted octanol–water partition coefficient (Wildman–Crippen LogP) is 1.01. The zero-order valence-electron chi connectivity index (χ0n) is 9.69. The van der Waals surface area contributed by atoms with Crippen molar-refractivity contribution in [2.45, 2.75) is 13.5 Å². The summed E-state index contributed by atoms with van der Waals surface area (Å²) in [6.07, 6.45) is 0. The first-order valence-corrected chi connectivity index (χ1v) is 5.16. The molecule has 0 saturated heterocycles. The van der Waals surface area contributed by atoms with Crippen LogP contribution in [0.4, 0.5) is 17.6 Å². The van der Waals surface area contributed by atoms with Crippen molar-refractivity contribution >= 4 is 17.6 Å². The number of aromatic nitrogens is 3. The smallest absolute Gasteiger partial charge is 0.223 e. The number of anilines is 3. The molecule has 2 rings (SSSR count). The summed E-state index contributed by atoms with van der Waals surface area (Å²) in [4.78, 5) is 8.05. The Kier molecular flexibility index (Phi) is 3.08. The van der Waals surface area contributed by atoms with E-state index in [2.05, 4.69) is 25.8 Å². The van der Waals surface area contributed by atoms with Crippen LogP contribution in [-0.2, 0) is 6.54 Å². The number of nitrogens with one attached hydrogen (secondary N) is 2. The van der Waals surface area contributed by atoms with Gasteiger partial charge in [0.25, 0.3) is 0 Å². The van der Waals surface area contributed by atoms with E-state index in [1.807, 2.05) is 13.0 Å². The number of aryl methyl sites for hydroxylation is 1. The Morgan fingerprint density at radius 2 is 2.06 bits per heavy atom. The van der Waals surface area contributed by atoms with Crippen LogP contribution in [0.5, 0.6) is 0 Å². The summed E-state index contributed by atoms with van der Waals surface area (Å²) in [5.41, 5.74) is 6.42. The Hall–Kier alpha value is -2.31. The quantitative estimate of drug-likeness (QED) is 0.725. The molecule has 0 fully saturated rings. The molecule has 0 radical (unpaired) electrons. The lowest BCUT2D eigenvalue weighted by molar-refractivity contribution is 0.384. The highest BCUT2D eigenvalue weighted by Gasteiger charge is 2.03. The lowest BCUT2D eigenvalue weighted by atomic mass is 10.4. The molecule has 0 atom stereocenters. The van der Waals surface area contributed by atoms with Crippen LogP contribution >= 0.6 is 0 Å². The number of hydrogen-bond donors (Lipinski definition) is 3. The summed E-state index contributed by atoms with van der Waals surface area (Å²) in [5.74, 6) is 2.25.